The first-order valence-corrected chi connectivity index (χ1v) is 7.97. The molecule has 1 saturated heterocycles. The third kappa shape index (κ3) is 3.65. The lowest BCUT2D eigenvalue weighted by Gasteiger charge is -2.31. The van der Waals surface area contributed by atoms with E-state index in [0.717, 1.165) is 43.6 Å². The Kier molecular flexibility index (Phi) is 4.73. The van der Waals surface area contributed by atoms with Crippen LogP contribution in [0.3, 0.4) is 0 Å². The summed E-state index contributed by atoms with van der Waals surface area (Å²) in [7, 11) is 2.03. The highest BCUT2D eigenvalue weighted by Crippen LogP contribution is 2.20. The molecule has 1 aliphatic rings. The predicted octanol–water partition coefficient (Wildman–Crippen LogP) is 2.41. The maximum absolute atomic E-state index is 5.88. The van der Waals surface area contributed by atoms with Gasteiger partial charge in [0.2, 0.25) is 0 Å². The Hall–Kier alpha value is -1.88. The molecule has 0 radical (unpaired) electrons. The Morgan fingerprint density at radius 3 is 2.50 bits per heavy atom. The van der Waals surface area contributed by atoms with Gasteiger partial charge in [0.15, 0.2) is 0 Å². The van der Waals surface area contributed by atoms with Crippen LogP contribution in [0.25, 0.3) is 0 Å². The highest BCUT2D eigenvalue weighted by Gasteiger charge is 2.21. The number of rotatable bonds is 5. The number of aromatic nitrogens is 3. The molecule has 2 heterocycles. The number of hydrogen-bond acceptors (Lipinski definition) is 4. The summed E-state index contributed by atoms with van der Waals surface area (Å²) in [4.78, 5) is 2.46. The van der Waals surface area contributed by atoms with E-state index >= 15 is 0 Å². The topological polar surface area (TPSA) is 43.2 Å². The first-order valence-electron chi connectivity index (χ1n) is 7.97. The molecule has 0 spiro atoms. The Morgan fingerprint density at radius 2 is 1.86 bits per heavy atom. The molecular weight excluding hydrogens is 276 g/mol. The van der Waals surface area contributed by atoms with E-state index in [2.05, 4.69) is 19.7 Å². The van der Waals surface area contributed by atoms with Crippen LogP contribution in [-0.4, -0.2) is 39.4 Å². The summed E-state index contributed by atoms with van der Waals surface area (Å²) in [5.41, 5.74) is 0. The maximum atomic E-state index is 5.88. The van der Waals surface area contributed by atoms with Gasteiger partial charge in [0.05, 0.1) is 13.2 Å². The van der Waals surface area contributed by atoms with Gasteiger partial charge in [-0.15, -0.1) is 10.2 Å². The van der Waals surface area contributed by atoms with Crippen LogP contribution in [-0.2, 0) is 13.6 Å². The molecule has 0 unspecified atom stereocenters. The molecule has 0 N–H and O–H groups in total. The fourth-order valence-electron chi connectivity index (χ4n) is 2.83. The second kappa shape index (κ2) is 6.92. The zero-order valence-electron chi connectivity index (χ0n) is 13.4. The van der Waals surface area contributed by atoms with Gasteiger partial charge in [0.1, 0.15) is 17.4 Å². The van der Waals surface area contributed by atoms with Gasteiger partial charge in [-0.3, -0.25) is 4.90 Å². The van der Waals surface area contributed by atoms with Gasteiger partial charge >= 0.3 is 0 Å². The van der Waals surface area contributed by atoms with E-state index < -0.39 is 0 Å². The minimum absolute atomic E-state index is 0.651. The lowest BCUT2D eigenvalue weighted by atomic mass is 9.98. The minimum Gasteiger partial charge on any atom is -0.493 e. The molecule has 1 fully saturated rings. The molecule has 0 aliphatic carbocycles. The number of likely N-dealkylation sites (tertiary alicyclic amines) is 1. The fraction of sp³-hybridized carbons (Fsp3) is 0.529. The summed E-state index contributed by atoms with van der Waals surface area (Å²) in [6.07, 6.45) is 2.37. The van der Waals surface area contributed by atoms with Crippen molar-refractivity contribution in [3.05, 3.63) is 42.0 Å². The number of piperidine rings is 1. The molecule has 118 valence electrons. The quantitative estimate of drug-likeness (QED) is 0.850. The maximum Gasteiger partial charge on any atom is 0.146 e. The van der Waals surface area contributed by atoms with Crippen molar-refractivity contribution in [2.75, 3.05) is 19.7 Å². The van der Waals surface area contributed by atoms with Crippen LogP contribution in [0, 0.1) is 12.8 Å². The Morgan fingerprint density at radius 1 is 1.14 bits per heavy atom. The van der Waals surface area contributed by atoms with Gasteiger partial charge in [-0.25, -0.2) is 0 Å². The molecule has 1 aliphatic heterocycles. The van der Waals surface area contributed by atoms with Crippen molar-refractivity contribution < 1.29 is 4.74 Å². The number of para-hydroxylation sites is 1. The molecule has 22 heavy (non-hydrogen) atoms. The van der Waals surface area contributed by atoms with Crippen LogP contribution in [0.5, 0.6) is 5.75 Å². The monoisotopic (exact) mass is 300 g/mol. The van der Waals surface area contributed by atoms with E-state index in [-0.39, 0.29) is 0 Å². The molecular formula is C17H24N4O. The Labute approximate surface area is 131 Å². The average Bonchev–Trinajstić information content (AvgIpc) is 2.87. The van der Waals surface area contributed by atoms with Crippen LogP contribution >= 0.6 is 0 Å². The van der Waals surface area contributed by atoms with E-state index in [1.165, 1.54) is 12.8 Å². The molecule has 3 rings (SSSR count). The molecule has 0 amide bonds. The normalized spacial score (nSPS) is 16.8. The van der Waals surface area contributed by atoms with E-state index in [1.807, 2.05) is 44.3 Å². The van der Waals surface area contributed by atoms with Crippen molar-refractivity contribution in [1.29, 1.82) is 0 Å². The summed E-state index contributed by atoms with van der Waals surface area (Å²) in [5, 5.41) is 8.38. The van der Waals surface area contributed by atoms with Crippen molar-refractivity contribution in [2.24, 2.45) is 13.0 Å². The molecule has 0 bridgehead atoms. The van der Waals surface area contributed by atoms with Gasteiger partial charge < -0.3 is 9.30 Å². The summed E-state index contributed by atoms with van der Waals surface area (Å²) in [5.74, 6) is 3.65. The zero-order chi connectivity index (χ0) is 15.4. The van der Waals surface area contributed by atoms with Crippen molar-refractivity contribution >= 4 is 0 Å². The third-order valence-electron chi connectivity index (χ3n) is 4.48. The van der Waals surface area contributed by atoms with E-state index in [0.29, 0.717) is 5.92 Å². The number of hydrogen-bond donors (Lipinski definition) is 0. The van der Waals surface area contributed by atoms with Crippen molar-refractivity contribution in [3.8, 4) is 5.75 Å². The Bertz CT molecular complexity index is 588. The number of ether oxygens (including phenoxy) is 1. The van der Waals surface area contributed by atoms with Crippen molar-refractivity contribution in [2.45, 2.75) is 26.3 Å². The molecule has 5 heteroatoms. The summed E-state index contributed by atoms with van der Waals surface area (Å²) in [6, 6.07) is 10.1. The molecule has 2 aromatic rings. The van der Waals surface area contributed by atoms with Gasteiger partial charge in [0, 0.05) is 7.05 Å². The van der Waals surface area contributed by atoms with Crippen LogP contribution in [0.1, 0.15) is 24.5 Å². The predicted molar refractivity (Wildman–Crippen MR) is 85.7 cm³/mol. The van der Waals surface area contributed by atoms with Crippen LogP contribution in [0.4, 0.5) is 0 Å². The van der Waals surface area contributed by atoms with Gasteiger partial charge in [-0.1, -0.05) is 18.2 Å². The SMILES string of the molecule is Cc1nnc(CN2CCC(COc3ccccc3)CC2)n1C. The zero-order valence-corrected chi connectivity index (χ0v) is 13.4. The summed E-state index contributed by atoms with van der Waals surface area (Å²) < 4.78 is 7.95. The lowest BCUT2D eigenvalue weighted by molar-refractivity contribution is 0.134. The van der Waals surface area contributed by atoms with Crippen LogP contribution in [0.15, 0.2) is 30.3 Å². The van der Waals surface area contributed by atoms with E-state index in [9.17, 15) is 0 Å². The highest BCUT2D eigenvalue weighted by atomic mass is 16.5. The first-order chi connectivity index (χ1) is 10.7. The molecule has 1 aromatic heterocycles. The van der Waals surface area contributed by atoms with E-state index in [4.69, 9.17) is 4.74 Å². The first kappa shape index (κ1) is 15.0. The number of nitrogens with zero attached hydrogens (tertiary/aromatic N) is 4. The van der Waals surface area contributed by atoms with Crippen LogP contribution < -0.4 is 4.74 Å². The molecule has 5 nitrogen and oxygen atoms in total. The fourth-order valence-corrected chi connectivity index (χ4v) is 2.83. The minimum atomic E-state index is 0.651. The van der Waals surface area contributed by atoms with Crippen molar-refractivity contribution in [3.63, 3.8) is 0 Å². The molecule has 0 atom stereocenters. The second-order valence-electron chi connectivity index (χ2n) is 6.07. The van der Waals surface area contributed by atoms with Gasteiger partial charge in [0.25, 0.3) is 0 Å². The third-order valence-corrected chi connectivity index (χ3v) is 4.48. The molecule has 1 aromatic carbocycles. The second-order valence-corrected chi connectivity index (χ2v) is 6.07. The standard InChI is InChI=1S/C17H24N4O/c1-14-18-19-17(20(14)2)12-21-10-8-15(9-11-21)13-22-16-6-4-3-5-7-16/h3-7,15H,8-13H2,1-2H3. The van der Waals surface area contributed by atoms with E-state index in [1.54, 1.807) is 0 Å². The average molecular weight is 300 g/mol. The highest BCUT2D eigenvalue weighted by molar-refractivity contribution is 5.20. The summed E-state index contributed by atoms with van der Waals surface area (Å²) in [6.45, 7) is 5.91. The van der Waals surface area contributed by atoms with Crippen LogP contribution in [0.2, 0.25) is 0 Å². The Balaban J connectivity index is 1.43. The summed E-state index contributed by atoms with van der Waals surface area (Å²) >= 11 is 0. The van der Waals surface area contributed by atoms with Crippen molar-refractivity contribution in [1.82, 2.24) is 19.7 Å². The lowest BCUT2D eigenvalue weighted by Crippen LogP contribution is -2.35. The number of benzene rings is 1. The largest absolute Gasteiger partial charge is 0.493 e. The molecule has 0 saturated carbocycles. The van der Waals surface area contributed by atoms with Gasteiger partial charge in [-0.2, -0.15) is 0 Å². The number of aryl methyl sites for hydroxylation is 1. The van der Waals surface area contributed by atoms with Gasteiger partial charge in [-0.05, 0) is 50.9 Å². The smallest absolute Gasteiger partial charge is 0.146 e.